The van der Waals surface area contributed by atoms with Crippen LogP contribution in [0.1, 0.15) is 25.1 Å². The first-order valence-electron chi connectivity index (χ1n) is 6.44. The average Bonchev–Trinajstić information content (AvgIpc) is 2.76. The zero-order valence-electron chi connectivity index (χ0n) is 11.5. The molecule has 0 radical (unpaired) electrons. The third kappa shape index (κ3) is 4.14. The Morgan fingerprint density at radius 2 is 2.11 bits per heavy atom. The summed E-state index contributed by atoms with van der Waals surface area (Å²) in [5, 5.41) is 11.7. The third-order valence-electron chi connectivity index (χ3n) is 2.69. The van der Waals surface area contributed by atoms with Gasteiger partial charge >= 0.3 is 0 Å². The average molecular weight is 323 g/mol. The molecule has 0 spiro atoms. The molecule has 0 bridgehead atoms. The Labute approximate surface area is 122 Å². The van der Waals surface area contributed by atoms with Crippen LogP contribution in [0.5, 0.6) is 0 Å². The fraction of sp³-hybridized carbons (Fsp3) is 0.429. The maximum absolute atomic E-state index is 4.18. The van der Waals surface area contributed by atoms with Gasteiger partial charge in [-0.15, -0.1) is 5.10 Å². The number of halogens is 1. The van der Waals surface area contributed by atoms with E-state index < -0.39 is 0 Å². The van der Waals surface area contributed by atoms with Crippen LogP contribution < -0.4 is 5.32 Å². The molecule has 0 amide bonds. The van der Waals surface area contributed by atoms with E-state index in [1.54, 1.807) is 0 Å². The highest BCUT2D eigenvalue weighted by atomic mass is 79.9. The van der Waals surface area contributed by atoms with Crippen LogP contribution in [0.2, 0.25) is 0 Å². The van der Waals surface area contributed by atoms with Gasteiger partial charge in [0.1, 0.15) is 0 Å². The van der Waals surface area contributed by atoms with Crippen LogP contribution in [-0.2, 0) is 6.54 Å². The van der Waals surface area contributed by atoms with Crippen molar-refractivity contribution in [2.45, 2.75) is 27.3 Å². The van der Waals surface area contributed by atoms with Crippen molar-refractivity contribution >= 4 is 15.9 Å². The molecule has 19 heavy (non-hydrogen) atoms. The highest BCUT2D eigenvalue weighted by molar-refractivity contribution is 9.10. The molecule has 2 rings (SSSR count). The maximum atomic E-state index is 4.18. The molecule has 4 nitrogen and oxygen atoms in total. The second kappa shape index (κ2) is 6.30. The van der Waals surface area contributed by atoms with Gasteiger partial charge in [-0.25, -0.2) is 4.68 Å². The fourth-order valence-electron chi connectivity index (χ4n) is 1.84. The lowest BCUT2D eigenvalue weighted by atomic mass is 10.2. The van der Waals surface area contributed by atoms with Gasteiger partial charge in [-0.3, -0.25) is 0 Å². The number of aromatic nitrogens is 3. The number of aryl methyl sites for hydroxylation is 1. The second-order valence-corrected chi connectivity index (χ2v) is 6.08. The molecular formula is C14H19BrN4. The van der Waals surface area contributed by atoms with Crippen molar-refractivity contribution in [3.05, 3.63) is 40.1 Å². The Morgan fingerprint density at radius 3 is 2.79 bits per heavy atom. The molecule has 0 saturated carbocycles. The molecule has 102 valence electrons. The van der Waals surface area contributed by atoms with E-state index in [0.717, 1.165) is 28.9 Å². The van der Waals surface area contributed by atoms with Gasteiger partial charge in [-0.1, -0.05) is 35.0 Å². The highest BCUT2D eigenvalue weighted by Gasteiger charge is 2.04. The number of rotatable bonds is 5. The maximum Gasteiger partial charge on any atom is 0.0969 e. The monoisotopic (exact) mass is 322 g/mol. The van der Waals surface area contributed by atoms with E-state index in [0.29, 0.717) is 5.92 Å². The first-order valence-corrected chi connectivity index (χ1v) is 7.23. The normalized spacial score (nSPS) is 11.2. The van der Waals surface area contributed by atoms with Crippen LogP contribution in [0.15, 0.2) is 28.9 Å². The smallest absolute Gasteiger partial charge is 0.0969 e. The Morgan fingerprint density at radius 1 is 1.32 bits per heavy atom. The standard InChI is InChI=1S/C14H19BrN4/c1-10(2)7-16-8-13-9-19(18-17-13)14-5-11(3)4-12(15)6-14/h4-6,9-10,16H,7-8H2,1-3H3. The summed E-state index contributed by atoms with van der Waals surface area (Å²) in [6, 6.07) is 6.20. The minimum Gasteiger partial charge on any atom is -0.311 e. The van der Waals surface area contributed by atoms with Gasteiger partial charge in [-0.05, 0) is 43.1 Å². The molecule has 0 aliphatic carbocycles. The molecule has 0 fully saturated rings. The molecule has 1 N–H and O–H groups in total. The van der Waals surface area contributed by atoms with Crippen LogP contribution >= 0.6 is 15.9 Å². The molecule has 2 aromatic rings. The van der Waals surface area contributed by atoms with Crippen molar-refractivity contribution in [1.29, 1.82) is 0 Å². The van der Waals surface area contributed by atoms with E-state index in [9.17, 15) is 0 Å². The largest absolute Gasteiger partial charge is 0.311 e. The molecule has 0 saturated heterocycles. The summed E-state index contributed by atoms with van der Waals surface area (Å²) >= 11 is 3.50. The van der Waals surface area contributed by atoms with Crippen LogP contribution in [-0.4, -0.2) is 21.5 Å². The summed E-state index contributed by atoms with van der Waals surface area (Å²) in [4.78, 5) is 0. The second-order valence-electron chi connectivity index (χ2n) is 5.17. The van der Waals surface area contributed by atoms with E-state index in [1.165, 1.54) is 5.56 Å². The van der Waals surface area contributed by atoms with Gasteiger partial charge in [-0.2, -0.15) is 0 Å². The van der Waals surface area contributed by atoms with Crippen LogP contribution in [0.25, 0.3) is 5.69 Å². The zero-order chi connectivity index (χ0) is 13.8. The van der Waals surface area contributed by atoms with Crippen molar-refractivity contribution in [2.24, 2.45) is 5.92 Å². The van der Waals surface area contributed by atoms with Crippen LogP contribution in [0.4, 0.5) is 0 Å². The number of hydrogen-bond acceptors (Lipinski definition) is 3. The van der Waals surface area contributed by atoms with Gasteiger partial charge in [0.2, 0.25) is 0 Å². The Balaban J connectivity index is 2.07. The minimum absolute atomic E-state index is 0.641. The minimum atomic E-state index is 0.641. The Hall–Kier alpha value is -1.20. The van der Waals surface area contributed by atoms with E-state index in [2.05, 4.69) is 64.5 Å². The van der Waals surface area contributed by atoms with Gasteiger partial charge < -0.3 is 5.32 Å². The van der Waals surface area contributed by atoms with E-state index >= 15 is 0 Å². The SMILES string of the molecule is Cc1cc(Br)cc(-n2cc(CNCC(C)C)nn2)c1. The molecule has 1 aromatic carbocycles. The lowest BCUT2D eigenvalue weighted by Crippen LogP contribution is -2.19. The summed E-state index contributed by atoms with van der Waals surface area (Å²) in [5.74, 6) is 0.641. The van der Waals surface area contributed by atoms with Crippen molar-refractivity contribution in [2.75, 3.05) is 6.54 Å². The first-order chi connectivity index (χ1) is 9.04. The molecule has 0 aliphatic rings. The Bertz CT molecular complexity index is 528. The summed E-state index contributed by atoms with van der Waals surface area (Å²) in [5.41, 5.74) is 3.17. The quantitative estimate of drug-likeness (QED) is 0.919. The molecule has 0 aliphatic heterocycles. The summed E-state index contributed by atoms with van der Waals surface area (Å²) in [6.45, 7) is 8.19. The Kier molecular flexibility index (Phi) is 4.71. The first kappa shape index (κ1) is 14.2. The van der Waals surface area contributed by atoms with Crippen molar-refractivity contribution in [3.63, 3.8) is 0 Å². The van der Waals surface area contributed by atoms with E-state index in [-0.39, 0.29) is 0 Å². The zero-order valence-corrected chi connectivity index (χ0v) is 13.1. The fourth-order valence-corrected chi connectivity index (χ4v) is 2.44. The van der Waals surface area contributed by atoms with Gasteiger partial charge in [0.05, 0.1) is 17.6 Å². The van der Waals surface area contributed by atoms with Gasteiger partial charge in [0.15, 0.2) is 0 Å². The van der Waals surface area contributed by atoms with Crippen molar-refractivity contribution in [1.82, 2.24) is 20.3 Å². The van der Waals surface area contributed by atoms with Gasteiger partial charge in [0, 0.05) is 11.0 Å². The molecule has 1 heterocycles. The van der Waals surface area contributed by atoms with Crippen molar-refractivity contribution < 1.29 is 0 Å². The lowest BCUT2D eigenvalue weighted by Gasteiger charge is -2.04. The summed E-state index contributed by atoms with van der Waals surface area (Å²) in [6.07, 6.45) is 1.97. The molecule has 1 aromatic heterocycles. The number of benzene rings is 1. The summed E-state index contributed by atoms with van der Waals surface area (Å²) < 4.78 is 2.86. The van der Waals surface area contributed by atoms with E-state index in [4.69, 9.17) is 0 Å². The topological polar surface area (TPSA) is 42.7 Å². The third-order valence-corrected chi connectivity index (χ3v) is 3.15. The molecule has 5 heteroatoms. The van der Waals surface area contributed by atoms with Gasteiger partial charge in [0.25, 0.3) is 0 Å². The van der Waals surface area contributed by atoms with E-state index in [1.807, 2.05) is 16.9 Å². The predicted octanol–water partition coefficient (Wildman–Crippen LogP) is 3.08. The van der Waals surface area contributed by atoms with Crippen LogP contribution in [0, 0.1) is 12.8 Å². The lowest BCUT2D eigenvalue weighted by molar-refractivity contribution is 0.548. The van der Waals surface area contributed by atoms with Crippen LogP contribution in [0.3, 0.4) is 0 Å². The molecule has 0 unspecified atom stereocenters. The number of nitrogens with zero attached hydrogens (tertiary/aromatic N) is 3. The highest BCUT2D eigenvalue weighted by Crippen LogP contribution is 2.17. The predicted molar refractivity (Wildman–Crippen MR) is 80.3 cm³/mol. The summed E-state index contributed by atoms with van der Waals surface area (Å²) in [7, 11) is 0. The molecular weight excluding hydrogens is 304 g/mol. The molecule has 0 atom stereocenters. The van der Waals surface area contributed by atoms with Crippen molar-refractivity contribution in [3.8, 4) is 5.69 Å². The number of hydrogen-bond donors (Lipinski definition) is 1. The number of nitrogens with one attached hydrogen (secondary N) is 1.